The van der Waals surface area contributed by atoms with Crippen molar-refractivity contribution in [2.75, 3.05) is 40.9 Å². The van der Waals surface area contributed by atoms with Gasteiger partial charge in [0, 0.05) is 12.8 Å². The van der Waals surface area contributed by atoms with Crippen LogP contribution in [-0.2, 0) is 27.9 Å². The minimum absolute atomic E-state index is 0.0300. The van der Waals surface area contributed by atoms with Crippen LogP contribution in [0.1, 0.15) is 245 Å². The molecule has 10 heteroatoms. The summed E-state index contributed by atoms with van der Waals surface area (Å²) in [7, 11) is 1.46. The number of quaternary nitrogens is 1. The van der Waals surface area contributed by atoms with Gasteiger partial charge in [0.2, 0.25) is 5.91 Å². The van der Waals surface area contributed by atoms with E-state index >= 15 is 0 Å². The Kier molecular flexibility index (Phi) is 52.6. The van der Waals surface area contributed by atoms with Crippen molar-refractivity contribution in [1.29, 1.82) is 0 Å². The summed E-state index contributed by atoms with van der Waals surface area (Å²) in [4.78, 5) is 37.7. The van der Waals surface area contributed by atoms with Crippen LogP contribution in [-0.4, -0.2) is 74.3 Å². The smallest absolute Gasteiger partial charge is 0.456 e. The molecule has 0 aromatic rings. The number of unbranched alkanes of at least 4 members (excludes halogenated alkanes) is 24. The summed E-state index contributed by atoms with van der Waals surface area (Å²) >= 11 is 0. The highest BCUT2D eigenvalue weighted by Gasteiger charge is 2.30. The summed E-state index contributed by atoms with van der Waals surface area (Å²) in [6.07, 6.45) is 75.2. The zero-order valence-electron chi connectivity index (χ0n) is 49.7. The van der Waals surface area contributed by atoms with Gasteiger partial charge in [0.15, 0.2) is 0 Å². The predicted octanol–water partition coefficient (Wildman–Crippen LogP) is 18.9. The number of phosphoric acid groups is 1. The topological polar surface area (TPSA) is 111 Å². The fourth-order valence-corrected chi connectivity index (χ4v) is 9.05. The highest BCUT2D eigenvalue weighted by Crippen LogP contribution is 2.43. The molecule has 3 atom stereocenters. The van der Waals surface area contributed by atoms with Gasteiger partial charge < -0.3 is 19.4 Å². The molecule has 0 fully saturated rings. The van der Waals surface area contributed by atoms with Crippen molar-refractivity contribution in [1.82, 2.24) is 5.32 Å². The van der Waals surface area contributed by atoms with Crippen molar-refractivity contribution in [2.24, 2.45) is 0 Å². The number of likely N-dealkylation sites (N-methyl/N-ethyl adjacent to an activating group) is 1. The second-order valence-corrected chi connectivity index (χ2v) is 23.0. The van der Waals surface area contributed by atoms with Gasteiger partial charge >= 0.3 is 13.8 Å². The van der Waals surface area contributed by atoms with E-state index in [0.29, 0.717) is 23.9 Å². The fraction of sp³-hybridized carbons (Fsp3) is 0.697. The van der Waals surface area contributed by atoms with E-state index in [0.717, 1.165) is 122 Å². The number of nitrogens with one attached hydrogen (secondary N) is 1. The van der Waals surface area contributed by atoms with E-state index < -0.39 is 20.0 Å². The lowest BCUT2D eigenvalue weighted by molar-refractivity contribution is -0.870. The largest absolute Gasteiger partial charge is 0.472 e. The lowest BCUT2D eigenvalue weighted by atomic mass is 10.0. The van der Waals surface area contributed by atoms with Crippen molar-refractivity contribution in [3.63, 3.8) is 0 Å². The third kappa shape index (κ3) is 55.4. The lowest BCUT2D eigenvalue weighted by Crippen LogP contribution is -2.47. The van der Waals surface area contributed by atoms with Gasteiger partial charge in [-0.2, -0.15) is 0 Å². The molecule has 0 spiro atoms. The average molecular weight is 1080 g/mol. The van der Waals surface area contributed by atoms with E-state index in [-0.39, 0.29) is 31.5 Å². The molecule has 1 amide bonds. The number of ether oxygens (including phenoxy) is 1. The number of amides is 1. The van der Waals surface area contributed by atoms with Crippen LogP contribution in [0.2, 0.25) is 0 Å². The monoisotopic (exact) mass is 1080 g/mol. The van der Waals surface area contributed by atoms with Gasteiger partial charge in [-0.15, -0.1) is 0 Å². The number of carbonyl (C=O) groups excluding carboxylic acids is 2. The average Bonchev–Trinajstić information content (AvgIpc) is 3.38. The van der Waals surface area contributed by atoms with Crippen LogP contribution >= 0.6 is 7.82 Å². The minimum Gasteiger partial charge on any atom is -0.456 e. The highest BCUT2D eigenvalue weighted by atomic mass is 31.2. The van der Waals surface area contributed by atoms with Gasteiger partial charge in [-0.3, -0.25) is 18.6 Å². The minimum atomic E-state index is -4.46. The number of carbonyl (C=O) groups is 2. The molecule has 0 rings (SSSR count). The molecule has 76 heavy (non-hydrogen) atoms. The standard InChI is InChI=1S/C66H115N2O7P/c1-7-10-13-16-19-22-25-28-29-30-31-32-33-34-35-36-37-38-39-41-43-46-49-52-55-58-65(69)67-63(62-74-76(71,72)73-61-60-68(4,5)6)64(57-54-51-48-45-42-27-24-21-18-15-12-9-3)75-66(70)59-56-53-50-47-44-40-26-23-20-17-14-11-8-2/h10-11,13-14,17,19-20,22-23,26,28-29,31-32,34-35,54,57,63-64H,7-9,12,15-16,18,21,24-25,27,30,33,36-53,55-56,58-62H2,1-6H3,(H-,67,69,71,72)/p+1/b13-10-,14-11+,20-17+,22-19-,26-23-,29-28-,32-31-,35-34-,57-54-. The maximum atomic E-state index is 13.5. The van der Waals surface area contributed by atoms with Gasteiger partial charge in [-0.25, -0.2) is 4.57 Å². The van der Waals surface area contributed by atoms with E-state index in [4.69, 9.17) is 13.8 Å². The summed E-state index contributed by atoms with van der Waals surface area (Å²) in [5.74, 6) is -0.542. The Hall–Kier alpha value is -3.33. The zero-order chi connectivity index (χ0) is 55.7. The van der Waals surface area contributed by atoms with Gasteiger partial charge in [0.05, 0.1) is 33.8 Å². The Morgan fingerprint density at radius 3 is 1.41 bits per heavy atom. The molecule has 0 saturated carbocycles. The van der Waals surface area contributed by atoms with E-state index in [9.17, 15) is 19.0 Å². The second kappa shape index (κ2) is 55.0. The van der Waals surface area contributed by atoms with Gasteiger partial charge in [-0.05, 0) is 96.0 Å². The third-order valence-electron chi connectivity index (χ3n) is 13.0. The van der Waals surface area contributed by atoms with Crippen LogP contribution in [0.4, 0.5) is 0 Å². The number of rotatable bonds is 54. The van der Waals surface area contributed by atoms with Gasteiger partial charge in [0.25, 0.3) is 0 Å². The van der Waals surface area contributed by atoms with Crippen LogP contribution in [0.5, 0.6) is 0 Å². The third-order valence-corrected chi connectivity index (χ3v) is 14.0. The number of hydrogen-bond acceptors (Lipinski definition) is 6. The van der Waals surface area contributed by atoms with Crippen molar-refractivity contribution >= 4 is 19.7 Å². The molecule has 0 saturated heterocycles. The molecule has 0 aromatic heterocycles. The van der Waals surface area contributed by atoms with Crippen molar-refractivity contribution in [3.8, 4) is 0 Å². The highest BCUT2D eigenvalue weighted by molar-refractivity contribution is 7.47. The fourth-order valence-electron chi connectivity index (χ4n) is 8.32. The summed E-state index contributed by atoms with van der Waals surface area (Å²) in [6.45, 7) is 6.73. The number of nitrogens with zero attached hydrogens (tertiary/aromatic N) is 1. The van der Waals surface area contributed by atoms with E-state index in [2.05, 4.69) is 123 Å². The number of hydrogen-bond donors (Lipinski definition) is 2. The summed E-state index contributed by atoms with van der Waals surface area (Å²) < 4.78 is 30.6. The molecular formula is C66H116N2O7P+. The summed E-state index contributed by atoms with van der Waals surface area (Å²) in [5.41, 5.74) is 0. The first-order valence-electron chi connectivity index (χ1n) is 30.7. The van der Waals surface area contributed by atoms with Gasteiger partial charge in [0.1, 0.15) is 19.3 Å². The molecule has 0 radical (unpaired) electrons. The van der Waals surface area contributed by atoms with Crippen LogP contribution in [0.3, 0.4) is 0 Å². The van der Waals surface area contributed by atoms with Crippen molar-refractivity contribution in [3.05, 3.63) is 109 Å². The SMILES string of the molecule is CC/C=C\C/C=C\C/C=C\C/C=C\C/C=C\CCCCCCCCCCCC(=O)NC(COP(=O)(O)OCC[N+](C)(C)C)C(/C=C\CCCCCCCCCCCC)OC(=O)CCCCCCC\C=C/C=C/C=C/CC. The first kappa shape index (κ1) is 72.7. The molecule has 0 aromatic carbocycles. The molecule has 436 valence electrons. The van der Waals surface area contributed by atoms with Gasteiger partial charge in [-0.1, -0.05) is 246 Å². The molecular weight excluding hydrogens is 964 g/mol. The summed E-state index contributed by atoms with van der Waals surface area (Å²) in [6, 6.07) is -0.866. The zero-order valence-corrected chi connectivity index (χ0v) is 50.6. The molecule has 0 heterocycles. The Balaban J connectivity index is 5.18. The van der Waals surface area contributed by atoms with Crippen LogP contribution in [0, 0.1) is 0 Å². The van der Waals surface area contributed by atoms with E-state index in [1.54, 1.807) is 0 Å². The molecule has 3 unspecified atom stereocenters. The predicted molar refractivity (Wildman–Crippen MR) is 327 cm³/mol. The Morgan fingerprint density at radius 2 is 0.908 bits per heavy atom. The molecule has 9 nitrogen and oxygen atoms in total. The number of phosphoric ester groups is 1. The number of esters is 1. The molecule has 0 aliphatic carbocycles. The Morgan fingerprint density at radius 1 is 0.487 bits per heavy atom. The Bertz CT molecular complexity index is 1670. The first-order chi connectivity index (χ1) is 36.9. The van der Waals surface area contributed by atoms with Crippen LogP contribution in [0.25, 0.3) is 0 Å². The Labute approximate surface area is 468 Å². The number of allylic oxidation sites excluding steroid dienone is 17. The van der Waals surface area contributed by atoms with Crippen molar-refractivity contribution < 1.29 is 37.3 Å². The first-order valence-corrected chi connectivity index (χ1v) is 32.2. The lowest BCUT2D eigenvalue weighted by Gasteiger charge is -2.27. The molecule has 0 aliphatic heterocycles. The maximum absolute atomic E-state index is 13.5. The molecule has 0 bridgehead atoms. The van der Waals surface area contributed by atoms with Crippen LogP contribution < -0.4 is 5.32 Å². The molecule has 0 aliphatic rings. The second-order valence-electron chi connectivity index (χ2n) is 21.5. The quantitative estimate of drug-likeness (QED) is 0.0156. The summed E-state index contributed by atoms with van der Waals surface area (Å²) in [5, 5.41) is 3.04. The van der Waals surface area contributed by atoms with E-state index in [1.165, 1.54) is 83.5 Å². The molecule has 2 N–H and O–H groups in total. The van der Waals surface area contributed by atoms with Crippen molar-refractivity contribution in [2.45, 2.75) is 258 Å². The van der Waals surface area contributed by atoms with Crippen LogP contribution in [0.15, 0.2) is 109 Å². The van der Waals surface area contributed by atoms with E-state index in [1.807, 2.05) is 33.3 Å². The normalized spacial score (nSPS) is 14.5. The maximum Gasteiger partial charge on any atom is 0.472 e.